The van der Waals surface area contributed by atoms with E-state index in [0.717, 1.165) is 0 Å². The van der Waals surface area contributed by atoms with Crippen molar-refractivity contribution in [3.63, 3.8) is 0 Å². The monoisotopic (exact) mass is 274 g/mol. The number of methoxy groups -OCH3 is 2. The molecule has 0 heterocycles. The first kappa shape index (κ1) is 14.8. The van der Waals surface area contributed by atoms with Crippen molar-refractivity contribution >= 4 is 17.6 Å². The van der Waals surface area contributed by atoms with Gasteiger partial charge in [0, 0.05) is 10.6 Å². The molecule has 2 atom stereocenters. The van der Waals surface area contributed by atoms with E-state index >= 15 is 0 Å². The van der Waals surface area contributed by atoms with Gasteiger partial charge in [0.05, 0.1) is 26.7 Å². The Bertz CT molecular complexity index is 421. The van der Waals surface area contributed by atoms with Gasteiger partial charge in [-0.05, 0) is 18.2 Å². The Hall–Kier alpha value is -1.30. The predicted molar refractivity (Wildman–Crippen MR) is 65.6 cm³/mol. The average molecular weight is 275 g/mol. The minimum atomic E-state index is -1.29. The molecule has 1 aromatic carbocycles. The maximum Gasteiger partial charge on any atom is 0.308 e. The fraction of sp³-hybridized carbons (Fsp3) is 0.417. The van der Waals surface area contributed by atoms with Crippen LogP contribution in [0.25, 0.3) is 0 Å². The van der Waals surface area contributed by atoms with E-state index < -0.39 is 18.2 Å². The van der Waals surface area contributed by atoms with Crippen molar-refractivity contribution in [2.24, 2.45) is 0 Å². The first-order chi connectivity index (χ1) is 8.49. The van der Waals surface area contributed by atoms with Crippen molar-refractivity contribution in [3.05, 3.63) is 28.8 Å². The van der Waals surface area contributed by atoms with Crippen molar-refractivity contribution in [2.75, 3.05) is 14.2 Å². The van der Waals surface area contributed by atoms with Crippen LogP contribution in [0.5, 0.6) is 5.75 Å². The van der Waals surface area contributed by atoms with Gasteiger partial charge in [-0.25, -0.2) is 0 Å². The molecular formula is C12H15ClO5. The first-order valence-electron chi connectivity index (χ1n) is 5.26. The number of rotatable bonds is 5. The highest BCUT2D eigenvalue weighted by molar-refractivity contribution is 6.31. The minimum absolute atomic E-state index is 0.284. The van der Waals surface area contributed by atoms with Gasteiger partial charge in [-0.2, -0.15) is 0 Å². The average Bonchev–Trinajstić information content (AvgIpc) is 2.38. The molecule has 1 aromatic rings. The molecule has 1 rings (SSSR count). The number of halogens is 1. The molecule has 2 unspecified atom stereocenters. The van der Waals surface area contributed by atoms with Crippen LogP contribution in [0.4, 0.5) is 0 Å². The van der Waals surface area contributed by atoms with E-state index in [9.17, 15) is 15.0 Å². The summed E-state index contributed by atoms with van der Waals surface area (Å²) < 4.78 is 9.41. The number of aliphatic hydroxyl groups excluding tert-OH is 2. The van der Waals surface area contributed by atoms with Gasteiger partial charge in [0.25, 0.3) is 0 Å². The number of benzene rings is 1. The molecule has 2 N–H and O–H groups in total. The molecule has 0 aliphatic carbocycles. The number of hydrogen-bond acceptors (Lipinski definition) is 5. The van der Waals surface area contributed by atoms with E-state index in [4.69, 9.17) is 16.3 Å². The molecule has 0 spiro atoms. The van der Waals surface area contributed by atoms with Crippen LogP contribution >= 0.6 is 11.6 Å². The number of aliphatic hydroxyl groups is 2. The Labute approximate surface area is 110 Å². The maximum absolute atomic E-state index is 11.0. The van der Waals surface area contributed by atoms with Crippen LogP contribution in [-0.2, 0) is 9.53 Å². The van der Waals surface area contributed by atoms with E-state index in [1.165, 1.54) is 20.3 Å². The van der Waals surface area contributed by atoms with E-state index in [2.05, 4.69) is 4.74 Å². The summed E-state index contributed by atoms with van der Waals surface area (Å²) in [6.07, 6.45) is -2.89. The third-order valence-electron chi connectivity index (χ3n) is 2.49. The molecule has 18 heavy (non-hydrogen) atoms. The molecule has 0 aromatic heterocycles. The van der Waals surface area contributed by atoms with Gasteiger partial charge in [-0.1, -0.05) is 11.6 Å². The lowest BCUT2D eigenvalue weighted by Crippen LogP contribution is -2.22. The highest BCUT2D eigenvalue weighted by Crippen LogP contribution is 2.30. The molecule has 0 saturated carbocycles. The summed E-state index contributed by atoms with van der Waals surface area (Å²) in [6, 6.07) is 4.68. The smallest absolute Gasteiger partial charge is 0.308 e. The SMILES string of the molecule is COC(=O)CC(O)C(O)c1cc(OC)ccc1Cl. The number of esters is 1. The van der Waals surface area contributed by atoms with E-state index in [0.29, 0.717) is 11.3 Å². The van der Waals surface area contributed by atoms with E-state index in [1.54, 1.807) is 12.1 Å². The van der Waals surface area contributed by atoms with Gasteiger partial charge in [0.1, 0.15) is 11.9 Å². The first-order valence-corrected chi connectivity index (χ1v) is 5.63. The van der Waals surface area contributed by atoms with E-state index in [1.807, 2.05) is 0 Å². The number of hydrogen-bond donors (Lipinski definition) is 2. The molecule has 5 nitrogen and oxygen atoms in total. The molecule has 0 saturated heterocycles. The summed E-state index contributed by atoms with van der Waals surface area (Å²) in [5.74, 6) is -0.112. The van der Waals surface area contributed by atoms with Gasteiger partial charge in [-0.15, -0.1) is 0 Å². The summed E-state index contributed by atoms with van der Waals surface area (Å²) in [5, 5.41) is 19.9. The van der Waals surface area contributed by atoms with Crippen LogP contribution in [0.3, 0.4) is 0 Å². The van der Waals surface area contributed by atoms with Crippen molar-refractivity contribution in [2.45, 2.75) is 18.6 Å². The normalized spacial score (nSPS) is 13.8. The summed E-state index contributed by atoms with van der Waals surface area (Å²) in [5.41, 5.74) is 0.299. The topological polar surface area (TPSA) is 76.0 Å². The van der Waals surface area contributed by atoms with Crippen LogP contribution < -0.4 is 4.74 Å². The molecule has 0 aliphatic rings. The molecule has 100 valence electrons. The minimum Gasteiger partial charge on any atom is -0.497 e. The Balaban J connectivity index is 2.88. The summed E-state index contributed by atoms with van der Waals surface area (Å²) in [7, 11) is 2.68. The van der Waals surface area contributed by atoms with Crippen LogP contribution in [0, 0.1) is 0 Å². The second-order valence-corrected chi connectivity index (χ2v) is 4.09. The zero-order chi connectivity index (χ0) is 13.7. The van der Waals surface area contributed by atoms with Crippen molar-refractivity contribution < 1.29 is 24.5 Å². The standard InChI is InChI=1S/C12H15ClO5/c1-17-7-3-4-9(13)8(5-7)12(16)10(14)6-11(15)18-2/h3-5,10,12,14,16H,6H2,1-2H3. The Morgan fingerprint density at radius 1 is 1.39 bits per heavy atom. The quantitative estimate of drug-likeness (QED) is 0.792. The molecular weight excluding hydrogens is 260 g/mol. The summed E-state index contributed by atoms with van der Waals surface area (Å²) in [6.45, 7) is 0. The Kier molecular flexibility index (Phi) is 5.40. The third kappa shape index (κ3) is 3.60. The van der Waals surface area contributed by atoms with Gasteiger partial charge in [0.2, 0.25) is 0 Å². The number of ether oxygens (including phenoxy) is 2. The lowest BCUT2D eigenvalue weighted by Gasteiger charge is -2.18. The lowest BCUT2D eigenvalue weighted by molar-refractivity contribution is -0.144. The zero-order valence-electron chi connectivity index (χ0n) is 10.1. The lowest BCUT2D eigenvalue weighted by atomic mass is 10.0. The van der Waals surface area contributed by atoms with Crippen LogP contribution in [0.15, 0.2) is 18.2 Å². The van der Waals surface area contributed by atoms with Crippen LogP contribution in [0.2, 0.25) is 5.02 Å². The third-order valence-corrected chi connectivity index (χ3v) is 2.83. The number of carbonyl (C=O) groups is 1. The van der Waals surface area contributed by atoms with Crippen molar-refractivity contribution in [1.29, 1.82) is 0 Å². The second kappa shape index (κ2) is 6.58. The van der Waals surface area contributed by atoms with Gasteiger partial charge < -0.3 is 19.7 Å². The van der Waals surface area contributed by atoms with Gasteiger partial charge in [0.15, 0.2) is 0 Å². The maximum atomic E-state index is 11.0. The highest BCUT2D eigenvalue weighted by Gasteiger charge is 2.24. The van der Waals surface area contributed by atoms with Crippen LogP contribution in [-0.4, -0.2) is 36.5 Å². The fourth-order valence-corrected chi connectivity index (χ4v) is 1.68. The molecule has 0 aliphatic heterocycles. The summed E-state index contributed by atoms with van der Waals surface area (Å²) >= 11 is 5.92. The molecule has 0 fully saturated rings. The highest BCUT2D eigenvalue weighted by atomic mass is 35.5. The van der Waals surface area contributed by atoms with Crippen molar-refractivity contribution in [1.82, 2.24) is 0 Å². The second-order valence-electron chi connectivity index (χ2n) is 3.68. The molecule has 6 heteroatoms. The Morgan fingerprint density at radius 2 is 2.06 bits per heavy atom. The molecule has 0 amide bonds. The molecule has 0 radical (unpaired) electrons. The van der Waals surface area contributed by atoms with Crippen LogP contribution in [0.1, 0.15) is 18.1 Å². The molecule has 0 bridgehead atoms. The Morgan fingerprint density at radius 3 is 2.61 bits per heavy atom. The largest absolute Gasteiger partial charge is 0.497 e. The van der Waals surface area contributed by atoms with Gasteiger partial charge in [-0.3, -0.25) is 4.79 Å². The van der Waals surface area contributed by atoms with Gasteiger partial charge >= 0.3 is 5.97 Å². The zero-order valence-corrected chi connectivity index (χ0v) is 10.8. The predicted octanol–water partition coefficient (Wildman–Crippen LogP) is 1.31. The van der Waals surface area contributed by atoms with E-state index in [-0.39, 0.29) is 11.4 Å². The fourth-order valence-electron chi connectivity index (χ4n) is 1.45. The van der Waals surface area contributed by atoms with Crippen molar-refractivity contribution in [3.8, 4) is 5.75 Å². The summed E-state index contributed by atoms with van der Waals surface area (Å²) in [4.78, 5) is 11.0. The number of carbonyl (C=O) groups excluding carboxylic acids is 1.